The quantitative estimate of drug-likeness (QED) is 0.292. The minimum atomic E-state index is -1.21. The Hall–Kier alpha value is -3.97. The smallest absolute Gasteiger partial charge is 0.545 e. The number of hydrogen-bond acceptors (Lipinski definition) is 8. The Balaban J connectivity index is 0.000000648. The minimum absolute atomic E-state index is 0. The van der Waals surface area contributed by atoms with E-state index in [0.29, 0.717) is 11.4 Å². The van der Waals surface area contributed by atoms with Gasteiger partial charge in [0.15, 0.2) is 0 Å². The molecule has 0 unspecified atom stereocenters. The molecule has 2 heterocycles. The summed E-state index contributed by atoms with van der Waals surface area (Å²) in [6.07, 6.45) is 3.15. The Kier molecular flexibility index (Phi) is 14.2. The van der Waals surface area contributed by atoms with Crippen molar-refractivity contribution in [2.45, 2.75) is 13.2 Å². The summed E-state index contributed by atoms with van der Waals surface area (Å²) in [4.78, 5) is 29.4. The third kappa shape index (κ3) is 9.20. The van der Waals surface area contributed by atoms with Crippen molar-refractivity contribution in [3.8, 4) is 22.3 Å². The topological polar surface area (TPSA) is 212 Å². The summed E-state index contributed by atoms with van der Waals surface area (Å²) < 4.78 is 0. The van der Waals surface area contributed by atoms with E-state index in [-0.39, 0.29) is 52.1 Å². The van der Waals surface area contributed by atoms with Gasteiger partial charge in [0.1, 0.15) is 0 Å². The first kappa shape index (κ1) is 33.0. The largest absolute Gasteiger partial charge is 2.00 e. The van der Waals surface area contributed by atoms with Crippen molar-refractivity contribution in [3.63, 3.8) is 0 Å². The van der Waals surface area contributed by atoms with Gasteiger partial charge in [-0.2, -0.15) is 0 Å². The third-order valence-electron chi connectivity index (χ3n) is 4.82. The van der Waals surface area contributed by atoms with Crippen LogP contribution < -0.4 is 10.2 Å². The maximum Gasteiger partial charge on any atom is 2.00 e. The number of nitrogens with zero attached hydrogens (tertiary/aromatic N) is 2. The van der Waals surface area contributed by atoms with E-state index < -0.39 is 11.9 Å². The van der Waals surface area contributed by atoms with Crippen LogP contribution in [0.5, 0.6) is 0 Å². The van der Waals surface area contributed by atoms with Crippen molar-refractivity contribution in [1.82, 2.24) is 9.97 Å². The van der Waals surface area contributed by atoms with Gasteiger partial charge in [-0.15, -0.1) is 0 Å². The zero-order valence-electron chi connectivity index (χ0n) is 19.4. The molecule has 2 aromatic carbocycles. The first-order valence-electron chi connectivity index (χ1n) is 10.2. The third-order valence-corrected chi connectivity index (χ3v) is 4.82. The van der Waals surface area contributed by atoms with Crippen molar-refractivity contribution in [1.29, 1.82) is 0 Å². The van der Waals surface area contributed by atoms with Crippen LogP contribution in [0.1, 0.15) is 32.1 Å². The van der Waals surface area contributed by atoms with E-state index in [1.54, 1.807) is 60.9 Å². The molecular weight excluding hydrogens is 527 g/mol. The Morgan fingerprint density at radius 2 is 0.973 bits per heavy atom. The fourth-order valence-corrected chi connectivity index (χ4v) is 3.14. The van der Waals surface area contributed by atoms with Gasteiger partial charge < -0.3 is 41.0 Å². The number of hydrogen-bond donors (Lipinski definition) is 2. The number of carbonyl (C=O) groups excluding carboxylic acids is 2. The number of carboxylic acids is 2. The van der Waals surface area contributed by atoms with Gasteiger partial charge in [0.05, 0.1) is 36.5 Å². The Bertz CT molecular complexity index is 1220. The second kappa shape index (κ2) is 15.9. The summed E-state index contributed by atoms with van der Waals surface area (Å²) in [6.45, 7) is -0.290. The number of carbonyl (C=O) groups is 2. The normalized spacial score (nSPS) is 9.35. The second-order valence-corrected chi connectivity index (χ2v) is 7.12. The molecule has 0 aliphatic carbocycles. The minimum Gasteiger partial charge on any atom is -0.545 e. The van der Waals surface area contributed by atoms with Gasteiger partial charge >= 0.3 is 16.8 Å². The molecule has 0 aliphatic rings. The van der Waals surface area contributed by atoms with Crippen LogP contribution in [-0.2, 0) is 40.9 Å². The molecule has 0 spiro atoms. The molecule has 4 aromatic rings. The standard InChI is InChI=1S/2C13H11NO3.Co.2H2O/c2*15-8-12-7-10(4-5-14-12)9-2-1-3-11(6-9)13(16)17;;;/h2*1-7,15H,8H2,(H,16,17);;2*1H2/q;;+2;;. The average molecular weight is 553 g/mol. The van der Waals surface area contributed by atoms with Crippen LogP contribution in [0.25, 0.3) is 22.3 Å². The van der Waals surface area contributed by atoms with Crippen molar-refractivity contribution in [2.24, 2.45) is 0 Å². The van der Waals surface area contributed by atoms with Gasteiger partial charge in [-0.1, -0.05) is 36.4 Å². The molecule has 10 nitrogen and oxygen atoms in total. The van der Waals surface area contributed by atoms with Crippen LogP contribution in [0, 0.1) is 0 Å². The maximum absolute atomic E-state index is 10.7. The van der Waals surface area contributed by atoms with Crippen molar-refractivity contribution in [3.05, 3.63) is 108 Å². The molecule has 2 aromatic heterocycles. The van der Waals surface area contributed by atoms with E-state index in [4.69, 9.17) is 10.2 Å². The van der Waals surface area contributed by atoms with E-state index in [2.05, 4.69) is 9.97 Å². The number of aliphatic hydroxyl groups is 2. The van der Waals surface area contributed by atoms with Crippen LogP contribution in [0.2, 0.25) is 0 Å². The number of carboxylic acid groups (broad SMARTS) is 2. The number of benzene rings is 2. The number of aromatic nitrogens is 2. The Labute approximate surface area is 222 Å². The van der Waals surface area contributed by atoms with Gasteiger partial charge in [0.25, 0.3) is 0 Å². The molecule has 0 saturated heterocycles. The second-order valence-electron chi connectivity index (χ2n) is 7.12. The number of aliphatic hydroxyl groups excluding tert-OH is 2. The molecule has 0 bridgehead atoms. The van der Waals surface area contributed by atoms with Gasteiger partial charge in [-0.05, 0) is 69.8 Å². The van der Waals surface area contributed by atoms with E-state index in [1.165, 1.54) is 24.3 Å². The zero-order chi connectivity index (χ0) is 24.5. The van der Waals surface area contributed by atoms with Crippen LogP contribution in [0.3, 0.4) is 0 Å². The number of pyridine rings is 2. The molecular formula is C26H26CoN2O8+2. The average Bonchev–Trinajstić information content (AvgIpc) is 2.89. The van der Waals surface area contributed by atoms with Crippen LogP contribution in [0.4, 0.5) is 0 Å². The molecule has 4 rings (SSSR count). The number of rotatable bonds is 6. The molecule has 195 valence electrons. The molecule has 0 amide bonds. The summed E-state index contributed by atoms with van der Waals surface area (Å²) in [5, 5.41) is 39.5. The van der Waals surface area contributed by atoms with E-state index in [1.807, 2.05) is 0 Å². The Morgan fingerprint density at radius 1 is 0.622 bits per heavy atom. The van der Waals surface area contributed by atoms with Crippen molar-refractivity contribution in [2.75, 3.05) is 0 Å². The molecule has 0 atom stereocenters. The van der Waals surface area contributed by atoms with Crippen LogP contribution in [0.15, 0.2) is 85.2 Å². The van der Waals surface area contributed by atoms with Crippen LogP contribution in [-0.4, -0.2) is 32.1 Å². The van der Waals surface area contributed by atoms with E-state index in [0.717, 1.165) is 22.3 Å². The van der Waals surface area contributed by atoms with Crippen molar-refractivity contribution < 1.29 is 57.7 Å². The van der Waals surface area contributed by atoms with Gasteiger partial charge in [0, 0.05) is 12.4 Å². The summed E-state index contributed by atoms with van der Waals surface area (Å²) in [7, 11) is 0. The van der Waals surface area contributed by atoms with E-state index in [9.17, 15) is 19.8 Å². The Morgan fingerprint density at radius 3 is 1.30 bits per heavy atom. The first-order chi connectivity index (χ1) is 16.4. The predicted molar refractivity (Wildman–Crippen MR) is 130 cm³/mol. The summed E-state index contributed by atoms with van der Waals surface area (Å²) in [6, 6.07) is 19.9. The van der Waals surface area contributed by atoms with Crippen LogP contribution >= 0.6 is 0 Å². The van der Waals surface area contributed by atoms with Gasteiger partial charge in [0.2, 0.25) is 0 Å². The monoisotopic (exact) mass is 553 g/mol. The predicted octanol–water partition coefficient (Wildman–Crippen LogP) is -0.638. The fourth-order valence-electron chi connectivity index (χ4n) is 3.14. The maximum atomic E-state index is 10.7. The molecule has 11 heteroatoms. The summed E-state index contributed by atoms with van der Waals surface area (Å²) in [5.74, 6) is -2.41. The molecule has 0 fully saturated rings. The summed E-state index contributed by atoms with van der Waals surface area (Å²) in [5.41, 5.74) is 4.48. The number of aromatic carboxylic acids is 2. The first-order valence-corrected chi connectivity index (χ1v) is 10.2. The molecule has 1 radical (unpaired) electrons. The fraction of sp³-hybridized carbons (Fsp3) is 0.0769. The van der Waals surface area contributed by atoms with Crippen molar-refractivity contribution >= 4 is 11.9 Å². The van der Waals surface area contributed by atoms with Gasteiger partial charge in [-0.25, -0.2) is 0 Å². The molecule has 37 heavy (non-hydrogen) atoms. The molecule has 0 aliphatic heterocycles. The summed E-state index contributed by atoms with van der Waals surface area (Å²) >= 11 is 0. The van der Waals surface area contributed by atoms with Gasteiger partial charge in [-0.3, -0.25) is 9.97 Å². The molecule has 0 saturated carbocycles. The van der Waals surface area contributed by atoms with E-state index >= 15 is 0 Å². The SMILES string of the molecule is O=C([O-])c1cccc(-c2ccnc(CO)c2)c1.O=C([O-])c1cccc(-c2ccnc(CO)c2)c1.[Co+2].[OH3+].[OH3+]. The zero-order valence-corrected chi connectivity index (χ0v) is 20.4. The molecule has 8 N–H and O–H groups in total.